The molecule has 2 heterocycles. The first kappa shape index (κ1) is 15.1. The predicted octanol–water partition coefficient (Wildman–Crippen LogP) is 3.52. The monoisotopic (exact) mass is 322 g/mol. The second kappa shape index (κ2) is 6.59. The fourth-order valence-corrected chi connectivity index (χ4v) is 3.51. The summed E-state index contributed by atoms with van der Waals surface area (Å²) in [5, 5.41) is 3.02. The lowest BCUT2D eigenvalue weighted by atomic mass is 10.1. The van der Waals surface area contributed by atoms with Crippen LogP contribution in [0.1, 0.15) is 32.1 Å². The van der Waals surface area contributed by atoms with Gasteiger partial charge in [-0.3, -0.25) is 4.79 Å². The average Bonchev–Trinajstić information content (AvgIpc) is 3.27. The molecule has 5 heteroatoms. The average molecular weight is 322 g/mol. The van der Waals surface area contributed by atoms with Crippen LogP contribution in [0, 0.1) is 5.92 Å². The number of amides is 1. The Hall–Kier alpha value is -2.43. The largest absolute Gasteiger partial charge is 0.354 e. The maximum Gasteiger partial charge on any atom is 0.226 e. The summed E-state index contributed by atoms with van der Waals surface area (Å²) in [6.45, 7) is 1.95. The third-order valence-corrected chi connectivity index (χ3v) is 4.78. The number of rotatable bonds is 4. The Morgan fingerprint density at radius 2 is 1.92 bits per heavy atom. The van der Waals surface area contributed by atoms with Gasteiger partial charge in [0.1, 0.15) is 0 Å². The second-order valence-corrected chi connectivity index (χ2v) is 6.60. The van der Waals surface area contributed by atoms with Gasteiger partial charge < -0.3 is 10.2 Å². The first-order valence-corrected chi connectivity index (χ1v) is 8.78. The molecule has 1 unspecified atom stereocenters. The van der Waals surface area contributed by atoms with Crippen molar-refractivity contribution in [3.05, 3.63) is 36.4 Å². The molecule has 1 aliphatic heterocycles. The molecule has 2 aromatic rings. The highest BCUT2D eigenvalue weighted by atomic mass is 16.1. The molecular formula is C19H22N4O. The van der Waals surface area contributed by atoms with Gasteiger partial charge in [0.15, 0.2) is 11.6 Å². The molecule has 1 aromatic heterocycles. The SMILES string of the molecule is O=C(CC1C=CCC1)Nc1nc2ccccc2nc1N1CCCC1. The summed E-state index contributed by atoms with van der Waals surface area (Å²) < 4.78 is 0. The summed E-state index contributed by atoms with van der Waals surface area (Å²) in [5.41, 5.74) is 1.69. The summed E-state index contributed by atoms with van der Waals surface area (Å²) in [5.74, 6) is 1.79. The standard InChI is InChI=1S/C19H22N4O/c24-17(13-14-7-1-2-8-14)22-18-19(23-11-5-6-12-23)21-16-10-4-3-9-15(16)20-18/h1,3-4,7,9-10,14H,2,5-6,8,11-13H2,(H,20,22,24). The summed E-state index contributed by atoms with van der Waals surface area (Å²) in [4.78, 5) is 24.1. The van der Waals surface area contributed by atoms with Crippen molar-refractivity contribution < 1.29 is 4.79 Å². The van der Waals surface area contributed by atoms with Gasteiger partial charge >= 0.3 is 0 Å². The van der Waals surface area contributed by atoms with E-state index in [2.05, 4.69) is 27.4 Å². The van der Waals surface area contributed by atoms with Gasteiger partial charge in [0, 0.05) is 19.5 Å². The quantitative estimate of drug-likeness (QED) is 0.875. The van der Waals surface area contributed by atoms with Crippen molar-refractivity contribution in [1.29, 1.82) is 0 Å². The van der Waals surface area contributed by atoms with Crippen molar-refractivity contribution >= 4 is 28.6 Å². The lowest BCUT2D eigenvalue weighted by molar-refractivity contribution is -0.116. The van der Waals surface area contributed by atoms with Crippen LogP contribution in [0.2, 0.25) is 0 Å². The maximum absolute atomic E-state index is 12.4. The van der Waals surface area contributed by atoms with Crippen LogP contribution in [0.15, 0.2) is 36.4 Å². The molecule has 1 N–H and O–H groups in total. The number of nitrogens with zero attached hydrogens (tertiary/aromatic N) is 3. The molecule has 1 atom stereocenters. The summed E-state index contributed by atoms with van der Waals surface area (Å²) in [6, 6.07) is 7.82. The molecular weight excluding hydrogens is 300 g/mol. The minimum absolute atomic E-state index is 0.0246. The van der Waals surface area contributed by atoms with Crippen molar-refractivity contribution in [1.82, 2.24) is 9.97 Å². The topological polar surface area (TPSA) is 58.1 Å². The number of aromatic nitrogens is 2. The van der Waals surface area contributed by atoms with E-state index in [1.54, 1.807) is 0 Å². The first-order chi connectivity index (χ1) is 11.8. The first-order valence-electron chi connectivity index (χ1n) is 8.78. The van der Waals surface area contributed by atoms with E-state index in [0.717, 1.165) is 55.6 Å². The van der Waals surface area contributed by atoms with Gasteiger partial charge in [0.05, 0.1) is 11.0 Å². The zero-order chi connectivity index (χ0) is 16.4. The molecule has 124 valence electrons. The van der Waals surface area contributed by atoms with Gasteiger partial charge in [0.2, 0.25) is 5.91 Å². The van der Waals surface area contributed by atoms with E-state index in [-0.39, 0.29) is 5.91 Å². The van der Waals surface area contributed by atoms with Crippen molar-refractivity contribution in [3.63, 3.8) is 0 Å². The number of nitrogens with one attached hydrogen (secondary N) is 1. The molecule has 1 amide bonds. The molecule has 0 radical (unpaired) electrons. The van der Waals surface area contributed by atoms with Gasteiger partial charge in [0.25, 0.3) is 0 Å². The number of carbonyl (C=O) groups is 1. The van der Waals surface area contributed by atoms with Crippen LogP contribution in [0.5, 0.6) is 0 Å². The molecule has 1 aromatic carbocycles. The fraction of sp³-hybridized carbons (Fsp3) is 0.421. The fourth-order valence-electron chi connectivity index (χ4n) is 3.51. The Kier molecular flexibility index (Phi) is 4.15. The lowest BCUT2D eigenvalue weighted by Gasteiger charge is -2.20. The van der Waals surface area contributed by atoms with Gasteiger partial charge in [-0.15, -0.1) is 0 Å². The minimum Gasteiger partial charge on any atom is -0.354 e. The molecule has 0 bridgehead atoms. The minimum atomic E-state index is 0.0246. The van der Waals surface area contributed by atoms with Gasteiger partial charge in [-0.2, -0.15) is 0 Å². The number of benzene rings is 1. The van der Waals surface area contributed by atoms with Crippen molar-refractivity contribution in [3.8, 4) is 0 Å². The van der Waals surface area contributed by atoms with Crippen LogP contribution in [0.3, 0.4) is 0 Å². The second-order valence-electron chi connectivity index (χ2n) is 6.60. The Labute approximate surface area is 141 Å². The van der Waals surface area contributed by atoms with Crippen LogP contribution in [-0.2, 0) is 4.79 Å². The van der Waals surface area contributed by atoms with E-state index in [0.29, 0.717) is 18.2 Å². The Bertz CT molecular complexity index is 780. The van der Waals surface area contributed by atoms with Crippen molar-refractivity contribution in [2.75, 3.05) is 23.3 Å². The van der Waals surface area contributed by atoms with E-state index in [1.807, 2.05) is 24.3 Å². The van der Waals surface area contributed by atoms with Crippen molar-refractivity contribution in [2.24, 2.45) is 5.92 Å². The third-order valence-electron chi connectivity index (χ3n) is 4.78. The zero-order valence-corrected chi connectivity index (χ0v) is 13.7. The molecule has 2 aliphatic rings. The smallest absolute Gasteiger partial charge is 0.226 e. The van der Waals surface area contributed by atoms with E-state index in [1.165, 1.54) is 0 Å². The van der Waals surface area contributed by atoms with Gasteiger partial charge in [-0.1, -0.05) is 24.3 Å². The number of hydrogen-bond donors (Lipinski definition) is 1. The van der Waals surface area contributed by atoms with E-state index >= 15 is 0 Å². The lowest BCUT2D eigenvalue weighted by Crippen LogP contribution is -2.24. The molecule has 24 heavy (non-hydrogen) atoms. The van der Waals surface area contributed by atoms with Crippen LogP contribution < -0.4 is 10.2 Å². The number of anilines is 2. The molecule has 0 saturated carbocycles. The summed E-state index contributed by atoms with van der Waals surface area (Å²) in [6.07, 6.45) is 9.28. The highest BCUT2D eigenvalue weighted by Crippen LogP contribution is 2.28. The van der Waals surface area contributed by atoms with E-state index in [4.69, 9.17) is 4.98 Å². The van der Waals surface area contributed by atoms with Crippen LogP contribution in [0.25, 0.3) is 11.0 Å². The number of para-hydroxylation sites is 2. The summed E-state index contributed by atoms with van der Waals surface area (Å²) >= 11 is 0. The molecule has 0 spiro atoms. The van der Waals surface area contributed by atoms with E-state index in [9.17, 15) is 4.79 Å². The molecule has 1 aliphatic carbocycles. The van der Waals surface area contributed by atoms with Crippen molar-refractivity contribution in [2.45, 2.75) is 32.1 Å². The van der Waals surface area contributed by atoms with Gasteiger partial charge in [-0.25, -0.2) is 9.97 Å². The number of fused-ring (bicyclic) bond motifs is 1. The molecule has 1 fully saturated rings. The highest BCUT2D eigenvalue weighted by molar-refractivity contribution is 5.94. The molecule has 1 saturated heterocycles. The molecule has 4 rings (SSSR count). The number of hydrogen-bond acceptors (Lipinski definition) is 4. The maximum atomic E-state index is 12.4. The highest BCUT2D eigenvalue weighted by Gasteiger charge is 2.21. The summed E-state index contributed by atoms with van der Waals surface area (Å²) in [7, 11) is 0. The molecule has 5 nitrogen and oxygen atoms in total. The van der Waals surface area contributed by atoms with Crippen LogP contribution in [-0.4, -0.2) is 29.0 Å². The Morgan fingerprint density at radius 3 is 2.62 bits per heavy atom. The van der Waals surface area contributed by atoms with E-state index < -0.39 is 0 Å². The number of allylic oxidation sites excluding steroid dienone is 2. The normalized spacial score (nSPS) is 20.0. The predicted molar refractivity (Wildman–Crippen MR) is 96.1 cm³/mol. The van der Waals surface area contributed by atoms with Crippen LogP contribution >= 0.6 is 0 Å². The zero-order valence-electron chi connectivity index (χ0n) is 13.7. The Morgan fingerprint density at radius 1 is 1.17 bits per heavy atom. The Balaban J connectivity index is 1.62. The van der Waals surface area contributed by atoms with Crippen LogP contribution in [0.4, 0.5) is 11.6 Å². The third kappa shape index (κ3) is 3.11. The number of carbonyl (C=O) groups excluding carboxylic acids is 1. The van der Waals surface area contributed by atoms with Gasteiger partial charge in [-0.05, 0) is 43.7 Å².